The van der Waals surface area contributed by atoms with Crippen molar-refractivity contribution in [3.05, 3.63) is 0 Å². The molecule has 82 valence electrons. The number of ketones is 1. The van der Waals surface area contributed by atoms with Gasteiger partial charge in [0.2, 0.25) is 0 Å². The van der Waals surface area contributed by atoms with E-state index >= 15 is 0 Å². The van der Waals surface area contributed by atoms with Crippen LogP contribution < -0.4 is 0 Å². The number of Topliss-reactive ketones (excluding diaryl/α,β-unsaturated/α-hetero) is 1. The summed E-state index contributed by atoms with van der Waals surface area (Å²) in [5.41, 5.74) is 0. The Bertz CT molecular complexity index is 202. The third-order valence-electron chi connectivity index (χ3n) is 0.845. The Balaban J connectivity index is 0. The van der Waals surface area contributed by atoms with Gasteiger partial charge in [0.1, 0.15) is 6.42 Å². The van der Waals surface area contributed by atoms with Gasteiger partial charge in [-0.2, -0.15) is 0 Å². The van der Waals surface area contributed by atoms with Crippen LogP contribution in [-0.4, -0.2) is 35.3 Å². The lowest BCUT2D eigenvalue weighted by Crippen LogP contribution is -2.06. The predicted octanol–water partition coefficient (Wildman–Crippen LogP) is 0.838. The van der Waals surface area contributed by atoms with Gasteiger partial charge in [0.15, 0.2) is 5.78 Å². The van der Waals surface area contributed by atoms with Crippen molar-refractivity contribution in [2.24, 2.45) is 0 Å². The smallest absolute Gasteiger partial charge is 0.310 e. The molecule has 5 nitrogen and oxygen atoms in total. The van der Waals surface area contributed by atoms with Gasteiger partial charge in [0.25, 0.3) is 0 Å². The molecular formula is C8H13ClO5. The summed E-state index contributed by atoms with van der Waals surface area (Å²) in [4.78, 5) is 29.6. The molecule has 0 spiro atoms. The zero-order chi connectivity index (χ0) is 11.6. The number of halogens is 1. The van der Waals surface area contributed by atoms with Gasteiger partial charge in [-0.05, 0) is 6.92 Å². The largest absolute Gasteiger partial charge is 0.481 e. The van der Waals surface area contributed by atoms with Crippen LogP contribution in [0.5, 0.6) is 0 Å². The molecule has 0 bridgehead atoms. The zero-order valence-electron chi connectivity index (χ0n) is 8.08. The third kappa shape index (κ3) is 17.1. The summed E-state index contributed by atoms with van der Waals surface area (Å²) in [6, 6.07) is 0. The fraction of sp³-hybridized carbons (Fsp3) is 0.625. The lowest BCUT2D eigenvalue weighted by Gasteiger charge is -1.89. The lowest BCUT2D eigenvalue weighted by molar-refractivity contribution is -0.141. The Labute approximate surface area is 87.0 Å². The van der Waals surface area contributed by atoms with Crippen molar-refractivity contribution in [3.63, 3.8) is 0 Å². The van der Waals surface area contributed by atoms with Gasteiger partial charge in [-0.25, -0.2) is 0 Å². The Morgan fingerprint density at radius 3 is 1.93 bits per heavy atom. The molecule has 0 unspecified atom stereocenters. The molecule has 0 heterocycles. The number of hydrogen-bond donors (Lipinski definition) is 1. The van der Waals surface area contributed by atoms with E-state index in [-0.39, 0.29) is 11.8 Å². The molecule has 0 fully saturated rings. The van der Waals surface area contributed by atoms with Gasteiger partial charge < -0.3 is 9.84 Å². The summed E-state index contributed by atoms with van der Waals surface area (Å²) in [6.45, 7) is 3.65. The van der Waals surface area contributed by atoms with Gasteiger partial charge in [-0.15, -0.1) is 11.6 Å². The Hall–Kier alpha value is -1.10. The Morgan fingerprint density at radius 1 is 1.36 bits per heavy atom. The van der Waals surface area contributed by atoms with Crippen molar-refractivity contribution in [2.75, 3.05) is 12.5 Å². The first-order valence-electron chi connectivity index (χ1n) is 3.86. The number of alkyl halides is 1. The summed E-state index contributed by atoms with van der Waals surface area (Å²) in [6.07, 6.45) is -0.469. The minimum absolute atomic E-state index is 0.211. The van der Waals surface area contributed by atoms with Crippen molar-refractivity contribution in [1.29, 1.82) is 0 Å². The van der Waals surface area contributed by atoms with Crippen molar-refractivity contribution in [1.82, 2.24) is 0 Å². The molecule has 0 aromatic carbocycles. The SMILES string of the molecule is CCOC(C)=O.O=C(O)CC(=O)CCl. The van der Waals surface area contributed by atoms with Crippen molar-refractivity contribution >= 4 is 29.3 Å². The van der Waals surface area contributed by atoms with E-state index < -0.39 is 18.2 Å². The van der Waals surface area contributed by atoms with Gasteiger partial charge in [-0.1, -0.05) is 0 Å². The van der Waals surface area contributed by atoms with Crippen molar-refractivity contribution in [3.8, 4) is 0 Å². The topological polar surface area (TPSA) is 80.7 Å². The molecule has 0 amide bonds. The highest BCUT2D eigenvalue weighted by molar-refractivity contribution is 6.28. The highest BCUT2D eigenvalue weighted by atomic mass is 35.5. The molecule has 1 N–H and O–H groups in total. The van der Waals surface area contributed by atoms with Gasteiger partial charge >= 0.3 is 11.9 Å². The summed E-state index contributed by atoms with van der Waals surface area (Å²) in [7, 11) is 0. The number of aliphatic carboxylic acids is 1. The quantitative estimate of drug-likeness (QED) is 0.435. The highest BCUT2D eigenvalue weighted by Gasteiger charge is 2.03. The fourth-order valence-electron chi connectivity index (χ4n) is 0.419. The van der Waals surface area contributed by atoms with Crippen LogP contribution in [0, 0.1) is 0 Å². The van der Waals surface area contributed by atoms with Crippen molar-refractivity contribution < 1.29 is 24.2 Å². The lowest BCUT2D eigenvalue weighted by atomic mass is 10.3. The molecule has 0 aliphatic rings. The number of esters is 1. The molecule has 0 atom stereocenters. The Kier molecular flexibility index (Phi) is 11.0. The molecule has 0 aromatic rings. The van der Waals surface area contributed by atoms with Crippen LogP contribution in [0.25, 0.3) is 0 Å². The molecule has 0 radical (unpaired) electrons. The minimum Gasteiger partial charge on any atom is -0.481 e. The number of carboxylic acids is 1. The average Bonchev–Trinajstić information content (AvgIpc) is 2.03. The van der Waals surface area contributed by atoms with Crippen LogP contribution >= 0.6 is 11.6 Å². The number of carbonyl (C=O) groups is 3. The van der Waals surface area contributed by atoms with E-state index in [1.807, 2.05) is 0 Å². The monoisotopic (exact) mass is 224 g/mol. The van der Waals surface area contributed by atoms with Crippen LogP contribution in [-0.2, 0) is 19.1 Å². The van der Waals surface area contributed by atoms with Crippen LogP contribution in [0.3, 0.4) is 0 Å². The fourth-order valence-corrected chi connectivity index (χ4v) is 0.514. The molecule has 0 rings (SSSR count). The second-order valence-electron chi connectivity index (χ2n) is 2.17. The van der Waals surface area contributed by atoms with Gasteiger partial charge in [0.05, 0.1) is 12.5 Å². The first-order valence-corrected chi connectivity index (χ1v) is 4.40. The predicted molar refractivity (Wildman–Crippen MR) is 50.3 cm³/mol. The molecule has 0 aliphatic heterocycles. The first-order chi connectivity index (χ1) is 6.43. The van der Waals surface area contributed by atoms with Gasteiger partial charge in [0, 0.05) is 6.92 Å². The molecule has 0 aliphatic carbocycles. The average molecular weight is 225 g/mol. The second-order valence-corrected chi connectivity index (χ2v) is 2.43. The number of carboxylic acid groups (broad SMARTS) is 1. The summed E-state index contributed by atoms with van der Waals surface area (Å²) in [5, 5.41) is 7.94. The summed E-state index contributed by atoms with van der Waals surface area (Å²) < 4.78 is 4.40. The molecule has 0 aromatic heterocycles. The standard InChI is InChI=1S/C4H5ClO3.C4H8O2/c5-2-3(6)1-4(7)8;1-3-6-4(2)5/h1-2H2,(H,7,8);3H2,1-2H3. The maximum absolute atomic E-state index is 10.1. The van der Waals surface area contributed by atoms with Crippen LogP contribution in [0.4, 0.5) is 0 Å². The van der Waals surface area contributed by atoms with Crippen LogP contribution in [0.1, 0.15) is 20.3 Å². The number of carbonyl (C=O) groups excluding carboxylic acids is 2. The summed E-state index contributed by atoms with van der Waals surface area (Å²) in [5.74, 6) is -2.01. The van der Waals surface area contributed by atoms with E-state index in [2.05, 4.69) is 4.74 Å². The van der Waals surface area contributed by atoms with E-state index in [4.69, 9.17) is 16.7 Å². The second kappa shape index (κ2) is 9.98. The number of rotatable bonds is 4. The zero-order valence-corrected chi connectivity index (χ0v) is 8.84. The number of hydrogen-bond acceptors (Lipinski definition) is 4. The molecule has 14 heavy (non-hydrogen) atoms. The normalized spacial score (nSPS) is 8.21. The molecule has 0 saturated heterocycles. The van der Waals surface area contributed by atoms with Gasteiger partial charge in [-0.3, -0.25) is 14.4 Å². The Morgan fingerprint density at radius 2 is 1.86 bits per heavy atom. The molecule has 0 saturated carbocycles. The van der Waals surface area contributed by atoms with Crippen LogP contribution in [0.2, 0.25) is 0 Å². The molecule has 6 heteroatoms. The minimum atomic E-state index is -1.13. The van der Waals surface area contributed by atoms with E-state index in [0.717, 1.165) is 0 Å². The summed E-state index contributed by atoms with van der Waals surface area (Å²) >= 11 is 4.98. The van der Waals surface area contributed by atoms with E-state index in [1.54, 1.807) is 6.92 Å². The van der Waals surface area contributed by atoms with E-state index in [9.17, 15) is 14.4 Å². The van der Waals surface area contributed by atoms with Crippen molar-refractivity contribution in [2.45, 2.75) is 20.3 Å². The first kappa shape index (κ1) is 15.4. The number of ether oxygens (including phenoxy) is 1. The third-order valence-corrected chi connectivity index (χ3v) is 1.14. The molecular weight excluding hydrogens is 212 g/mol. The highest BCUT2D eigenvalue weighted by Crippen LogP contribution is 1.85. The van der Waals surface area contributed by atoms with Crippen LogP contribution in [0.15, 0.2) is 0 Å². The van der Waals surface area contributed by atoms with E-state index in [1.165, 1.54) is 6.92 Å². The maximum atomic E-state index is 10.1. The maximum Gasteiger partial charge on any atom is 0.310 e. The van der Waals surface area contributed by atoms with E-state index in [0.29, 0.717) is 6.61 Å².